The van der Waals surface area contributed by atoms with Crippen molar-refractivity contribution in [1.82, 2.24) is 5.16 Å². The number of hydrogen-bond acceptors (Lipinski definition) is 2. The summed E-state index contributed by atoms with van der Waals surface area (Å²) in [7, 11) is 0. The first-order valence-electron chi connectivity index (χ1n) is 5.30. The molecule has 0 N–H and O–H groups in total. The van der Waals surface area contributed by atoms with Crippen molar-refractivity contribution in [3.8, 4) is 11.8 Å². The maximum atomic E-state index is 5.78. The highest BCUT2D eigenvalue weighted by atomic mass is 35.5. The van der Waals surface area contributed by atoms with Crippen molar-refractivity contribution in [3.05, 3.63) is 52.4 Å². The summed E-state index contributed by atoms with van der Waals surface area (Å²) in [4.78, 5) is 0. The minimum atomic E-state index is 0.501. The highest BCUT2D eigenvalue weighted by Gasteiger charge is 2.04. The van der Waals surface area contributed by atoms with E-state index in [0.717, 1.165) is 28.1 Å². The molecule has 2 nitrogen and oxygen atoms in total. The Morgan fingerprint density at radius 1 is 1.29 bits per heavy atom. The average Bonchev–Trinajstić information content (AvgIpc) is 2.67. The van der Waals surface area contributed by atoms with Gasteiger partial charge in [-0.2, -0.15) is 0 Å². The topological polar surface area (TPSA) is 26.0 Å². The van der Waals surface area contributed by atoms with Gasteiger partial charge in [-0.3, -0.25) is 0 Å². The molecule has 0 saturated heterocycles. The van der Waals surface area contributed by atoms with Gasteiger partial charge in [-0.05, 0) is 31.5 Å². The van der Waals surface area contributed by atoms with Crippen LogP contribution in [0.3, 0.4) is 0 Å². The van der Waals surface area contributed by atoms with Crippen LogP contribution >= 0.6 is 11.6 Å². The zero-order valence-electron chi connectivity index (χ0n) is 9.75. The first kappa shape index (κ1) is 11.8. The second kappa shape index (κ2) is 5.07. The van der Waals surface area contributed by atoms with Crippen molar-refractivity contribution in [2.45, 2.75) is 19.7 Å². The standard InChI is InChI=1S/C14H12ClNO/c1-10-14(11(2)17-16-10)7-6-12-4-3-5-13(8-12)9-15/h3-5,8H,9H2,1-2H3. The molecule has 0 atom stereocenters. The normalized spacial score (nSPS) is 9.82. The Balaban J connectivity index is 2.33. The Labute approximate surface area is 106 Å². The summed E-state index contributed by atoms with van der Waals surface area (Å²) in [5.41, 5.74) is 3.70. The Hall–Kier alpha value is -1.72. The molecule has 0 aliphatic heterocycles. The summed E-state index contributed by atoms with van der Waals surface area (Å²) >= 11 is 5.78. The molecule has 17 heavy (non-hydrogen) atoms. The van der Waals surface area contributed by atoms with Crippen LogP contribution in [-0.4, -0.2) is 5.16 Å². The van der Waals surface area contributed by atoms with Gasteiger partial charge < -0.3 is 4.52 Å². The molecule has 0 spiro atoms. The van der Waals surface area contributed by atoms with Crippen LogP contribution in [-0.2, 0) is 5.88 Å². The van der Waals surface area contributed by atoms with E-state index in [1.165, 1.54) is 0 Å². The van der Waals surface area contributed by atoms with E-state index < -0.39 is 0 Å². The molecule has 0 aliphatic carbocycles. The predicted molar refractivity (Wildman–Crippen MR) is 68.0 cm³/mol. The van der Waals surface area contributed by atoms with E-state index in [4.69, 9.17) is 16.1 Å². The molecule has 2 rings (SSSR count). The van der Waals surface area contributed by atoms with Gasteiger partial charge in [-0.1, -0.05) is 29.1 Å². The molecule has 0 saturated carbocycles. The molecule has 0 fully saturated rings. The quantitative estimate of drug-likeness (QED) is 0.568. The van der Waals surface area contributed by atoms with E-state index in [0.29, 0.717) is 5.88 Å². The summed E-state index contributed by atoms with van der Waals surface area (Å²) in [6.07, 6.45) is 0. The highest BCUT2D eigenvalue weighted by molar-refractivity contribution is 6.17. The first-order valence-corrected chi connectivity index (χ1v) is 5.84. The van der Waals surface area contributed by atoms with Crippen molar-refractivity contribution < 1.29 is 4.52 Å². The van der Waals surface area contributed by atoms with Crippen molar-refractivity contribution in [1.29, 1.82) is 0 Å². The van der Waals surface area contributed by atoms with Gasteiger partial charge in [0.1, 0.15) is 5.76 Å². The van der Waals surface area contributed by atoms with Crippen LogP contribution in [0.1, 0.15) is 28.1 Å². The second-order valence-electron chi connectivity index (χ2n) is 3.78. The minimum absolute atomic E-state index is 0.501. The average molecular weight is 246 g/mol. The molecule has 1 aromatic carbocycles. The van der Waals surface area contributed by atoms with E-state index in [-0.39, 0.29) is 0 Å². The van der Waals surface area contributed by atoms with Crippen LogP contribution in [0.25, 0.3) is 0 Å². The van der Waals surface area contributed by atoms with Gasteiger partial charge in [0.05, 0.1) is 11.3 Å². The first-order chi connectivity index (χ1) is 8.20. The van der Waals surface area contributed by atoms with Gasteiger partial charge >= 0.3 is 0 Å². The van der Waals surface area contributed by atoms with Crippen molar-refractivity contribution in [2.24, 2.45) is 0 Å². The van der Waals surface area contributed by atoms with E-state index >= 15 is 0 Å². The zero-order chi connectivity index (χ0) is 12.3. The number of aryl methyl sites for hydroxylation is 2. The third-order valence-corrected chi connectivity index (χ3v) is 2.76. The predicted octanol–water partition coefficient (Wildman–Crippen LogP) is 3.43. The molecule has 0 unspecified atom stereocenters. The van der Waals surface area contributed by atoms with Crippen molar-refractivity contribution in [2.75, 3.05) is 0 Å². The Bertz CT molecular complexity index is 570. The van der Waals surface area contributed by atoms with Crippen LogP contribution in [0.15, 0.2) is 28.8 Å². The summed E-state index contributed by atoms with van der Waals surface area (Å²) in [6.45, 7) is 3.74. The van der Waals surface area contributed by atoms with Gasteiger partial charge in [0, 0.05) is 11.4 Å². The highest BCUT2D eigenvalue weighted by Crippen LogP contribution is 2.11. The van der Waals surface area contributed by atoms with Gasteiger partial charge in [0.15, 0.2) is 0 Å². The molecule has 0 bridgehead atoms. The Kier molecular flexibility index (Phi) is 3.51. The lowest BCUT2D eigenvalue weighted by molar-refractivity contribution is 0.393. The Morgan fingerprint density at radius 2 is 2.12 bits per heavy atom. The minimum Gasteiger partial charge on any atom is -0.360 e. The fraction of sp³-hybridized carbons (Fsp3) is 0.214. The van der Waals surface area contributed by atoms with Crippen LogP contribution in [0.4, 0.5) is 0 Å². The lowest BCUT2D eigenvalue weighted by Crippen LogP contribution is -1.82. The molecular weight excluding hydrogens is 234 g/mol. The maximum Gasteiger partial charge on any atom is 0.149 e. The molecule has 1 aromatic heterocycles. The summed E-state index contributed by atoms with van der Waals surface area (Å²) < 4.78 is 5.05. The fourth-order valence-corrected chi connectivity index (χ4v) is 1.69. The van der Waals surface area contributed by atoms with Crippen LogP contribution in [0.5, 0.6) is 0 Å². The Morgan fingerprint density at radius 3 is 2.76 bits per heavy atom. The molecule has 0 amide bonds. The molecular formula is C14H12ClNO. The van der Waals surface area contributed by atoms with Gasteiger partial charge in [0.2, 0.25) is 0 Å². The third-order valence-electron chi connectivity index (χ3n) is 2.45. The summed E-state index contributed by atoms with van der Waals surface area (Å²) in [5.74, 6) is 7.43. The monoisotopic (exact) mass is 245 g/mol. The molecule has 2 aromatic rings. The molecule has 0 radical (unpaired) electrons. The summed E-state index contributed by atoms with van der Waals surface area (Å²) in [6, 6.07) is 7.88. The lowest BCUT2D eigenvalue weighted by atomic mass is 10.1. The molecule has 1 heterocycles. The van der Waals surface area contributed by atoms with Gasteiger partial charge in [-0.15, -0.1) is 11.6 Å². The van der Waals surface area contributed by atoms with Crippen LogP contribution < -0.4 is 0 Å². The number of alkyl halides is 1. The van der Waals surface area contributed by atoms with E-state index in [9.17, 15) is 0 Å². The second-order valence-corrected chi connectivity index (χ2v) is 4.05. The molecule has 3 heteroatoms. The van der Waals surface area contributed by atoms with Gasteiger partial charge in [-0.25, -0.2) is 0 Å². The number of halogens is 1. The number of nitrogens with zero attached hydrogens (tertiary/aromatic N) is 1. The maximum absolute atomic E-state index is 5.78. The number of hydrogen-bond donors (Lipinski definition) is 0. The molecule has 86 valence electrons. The van der Waals surface area contributed by atoms with Crippen molar-refractivity contribution in [3.63, 3.8) is 0 Å². The number of aromatic nitrogens is 1. The van der Waals surface area contributed by atoms with E-state index in [1.54, 1.807) is 0 Å². The third kappa shape index (κ3) is 2.69. The lowest BCUT2D eigenvalue weighted by Gasteiger charge is -1.94. The fourth-order valence-electron chi connectivity index (χ4n) is 1.53. The zero-order valence-corrected chi connectivity index (χ0v) is 10.5. The molecule has 0 aliphatic rings. The number of benzene rings is 1. The smallest absolute Gasteiger partial charge is 0.149 e. The largest absolute Gasteiger partial charge is 0.360 e. The van der Waals surface area contributed by atoms with E-state index in [2.05, 4.69) is 17.0 Å². The van der Waals surface area contributed by atoms with Crippen molar-refractivity contribution >= 4 is 11.6 Å². The van der Waals surface area contributed by atoms with E-state index in [1.807, 2.05) is 38.1 Å². The van der Waals surface area contributed by atoms with Gasteiger partial charge in [0.25, 0.3) is 0 Å². The SMILES string of the molecule is Cc1noc(C)c1C#Cc1cccc(CCl)c1. The van der Waals surface area contributed by atoms with Crippen LogP contribution in [0.2, 0.25) is 0 Å². The number of rotatable bonds is 1. The van der Waals surface area contributed by atoms with Crippen LogP contribution in [0, 0.1) is 25.7 Å². The summed E-state index contributed by atoms with van der Waals surface area (Å²) in [5, 5.41) is 3.86.